The Morgan fingerprint density at radius 3 is 2.46 bits per heavy atom. The maximum atomic E-state index is 9.63. The molecule has 0 amide bonds. The van der Waals surface area contributed by atoms with Crippen LogP contribution in [0.25, 0.3) is 0 Å². The number of ether oxygens (including phenoxy) is 2. The predicted molar refractivity (Wildman–Crippen MR) is 104 cm³/mol. The van der Waals surface area contributed by atoms with Crippen LogP contribution in [0.5, 0.6) is 17.2 Å². The molecule has 2 aromatic rings. The van der Waals surface area contributed by atoms with Gasteiger partial charge >= 0.3 is 0 Å². The quantitative estimate of drug-likeness (QED) is 0.742. The Morgan fingerprint density at radius 1 is 1.04 bits per heavy atom. The van der Waals surface area contributed by atoms with E-state index in [0.717, 1.165) is 34.7 Å². The number of hydrogen-bond acceptors (Lipinski definition) is 5. The molecule has 0 fully saturated rings. The Hall–Kier alpha value is -2.82. The van der Waals surface area contributed by atoms with E-state index in [1.54, 1.807) is 19.2 Å². The minimum atomic E-state index is -0.114. The maximum absolute atomic E-state index is 9.63. The van der Waals surface area contributed by atoms with E-state index in [0.29, 0.717) is 5.88 Å². The monoisotopic (exact) mass is 356 g/mol. The maximum Gasteiger partial charge on any atom is 0.215 e. The lowest BCUT2D eigenvalue weighted by Gasteiger charge is -2.20. The molecule has 0 saturated carbocycles. The molecule has 4 rings (SSSR count). The minimum Gasteiger partial charge on any atom is -0.508 e. The molecule has 140 valence electrons. The van der Waals surface area contributed by atoms with Crippen molar-refractivity contribution in [2.75, 3.05) is 7.11 Å². The summed E-state index contributed by atoms with van der Waals surface area (Å²) in [7, 11) is 1.64. The van der Waals surface area contributed by atoms with Crippen LogP contribution in [0.2, 0.25) is 0 Å². The van der Waals surface area contributed by atoms with Crippen LogP contribution in [0, 0.1) is 0 Å². The van der Waals surface area contributed by atoms with Gasteiger partial charge in [0.2, 0.25) is 5.88 Å². The number of para-hydroxylation sites is 1. The number of phenolic OH excluding ortho intramolecular Hbond substituents is 1. The van der Waals surface area contributed by atoms with Gasteiger partial charge < -0.3 is 25.2 Å². The SMILES string of the molecule is CC.CC.COc1cccc2c1OC1=C(C2)NC(c2cccc(O)c2)N1. The number of allylic oxidation sites excluding steroid dienone is 1. The van der Waals surface area contributed by atoms with Gasteiger partial charge in [0.05, 0.1) is 12.8 Å². The van der Waals surface area contributed by atoms with E-state index in [2.05, 4.69) is 10.6 Å². The van der Waals surface area contributed by atoms with Crippen LogP contribution >= 0.6 is 0 Å². The first-order valence-electron chi connectivity index (χ1n) is 9.13. The van der Waals surface area contributed by atoms with E-state index in [9.17, 15) is 5.11 Å². The van der Waals surface area contributed by atoms with Crippen molar-refractivity contribution >= 4 is 0 Å². The highest BCUT2D eigenvalue weighted by molar-refractivity contribution is 5.52. The van der Waals surface area contributed by atoms with Crippen molar-refractivity contribution in [1.82, 2.24) is 10.6 Å². The Bertz CT molecular complexity index is 772. The van der Waals surface area contributed by atoms with Gasteiger partial charge in [0.15, 0.2) is 11.5 Å². The average Bonchev–Trinajstić information content (AvgIpc) is 3.12. The molecule has 2 heterocycles. The molecule has 0 spiro atoms. The molecule has 5 nitrogen and oxygen atoms in total. The van der Waals surface area contributed by atoms with Gasteiger partial charge in [-0.1, -0.05) is 52.0 Å². The van der Waals surface area contributed by atoms with Crippen molar-refractivity contribution in [2.24, 2.45) is 0 Å². The standard InChI is InChI=1S/C17H16N2O3.2C2H6/c1-21-14-7-3-4-10-9-13-17(22-15(10)14)19-16(18-13)11-5-2-6-12(20)8-11;2*1-2/h2-8,16,18-20H,9H2,1H3;2*1-2H3. The van der Waals surface area contributed by atoms with Gasteiger partial charge in [-0.3, -0.25) is 0 Å². The van der Waals surface area contributed by atoms with Crippen LogP contribution in [0.3, 0.4) is 0 Å². The summed E-state index contributed by atoms with van der Waals surface area (Å²) in [6, 6.07) is 13.0. The van der Waals surface area contributed by atoms with Crippen molar-refractivity contribution in [3.63, 3.8) is 0 Å². The molecule has 0 bridgehead atoms. The lowest BCUT2D eigenvalue weighted by atomic mass is 10.1. The third-order valence-electron chi connectivity index (χ3n) is 3.92. The fourth-order valence-electron chi connectivity index (χ4n) is 2.86. The van der Waals surface area contributed by atoms with Crippen LogP contribution < -0.4 is 20.1 Å². The normalized spacial score (nSPS) is 16.3. The predicted octanol–water partition coefficient (Wildman–Crippen LogP) is 4.45. The van der Waals surface area contributed by atoms with E-state index in [4.69, 9.17) is 9.47 Å². The smallest absolute Gasteiger partial charge is 0.215 e. The molecule has 0 aliphatic carbocycles. The van der Waals surface area contributed by atoms with Gasteiger partial charge in [0, 0.05) is 12.0 Å². The molecule has 2 aliphatic heterocycles. The number of phenols is 1. The van der Waals surface area contributed by atoms with E-state index in [-0.39, 0.29) is 11.9 Å². The second kappa shape index (κ2) is 9.04. The van der Waals surface area contributed by atoms with E-state index >= 15 is 0 Å². The number of benzene rings is 2. The van der Waals surface area contributed by atoms with Crippen LogP contribution in [0.15, 0.2) is 54.0 Å². The number of nitrogens with one attached hydrogen (secondary N) is 2. The van der Waals surface area contributed by atoms with E-state index in [1.807, 2.05) is 58.0 Å². The fraction of sp³-hybridized carbons (Fsp3) is 0.333. The van der Waals surface area contributed by atoms with Crippen molar-refractivity contribution < 1.29 is 14.6 Å². The van der Waals surface area contributed by atoms with Crippen LogP contribution in [-0.2, 0) is 6.42 Å². The zero-order valence-electron chi connectivity index (χ0n) is 16.1. The molecular formula is C21H28N2O3. The Morgan fingerprint density at radius 2 is 1.77 bits per heavy atom. The molecule has 5 heteroatoms. The summed E-state index contributed by atoms with van der Waals surface area (Å²) >= 11 is 0. The highest BCUT2D eigenvalue weighted by Gasteiger charge is 2.31. The number of rotatable bonds is 2. The summed E-state index contributed by atoms with van der Waals surface area (Å²) in [6.07, 6.45) is 0.641. The average molecular weight is 356 g/mol. The molecule has 0 saturated heterocycles. The third-order valence-corrected chi connectivity index (χ3v) is 3.92. The second-order valence-corrected chi connectivity index (χ2v) is 5.35. The fourth-order valence-corrected chi connectivity index (χ4v) is 2.86. The topological polar surface area (TPSA) is 62.8 Å². The molecule has 2 aromatic carbocycles. The van der Waals surface area contributed by atoms with Crippen LogP contribution in [-0.4, -0.2) is 12.2 Å². The van der Waals surface area contributed by atoms with Gasteiger partial charge in [-0.15, -0.1) is 0 Å². The van der Waals surface area contributed by atoms with Gasteiger partial charge in [-0.2, -0.15) is 0 Å². The largest absolute Gasteiger partial charge is 0.508 e. The zero-order valence-corrected chi connectivity index (χ0v) is 16.1. The van der Waals surface area contributed by atoms with Crippen molar-refractivity contribution in [2.45, 2.75) is 40.3 Å². The lowest BCUT2D eigenvalue weighted by Crippen LogP contribution is -2.24. The second-order valence-electron chi connectivity index (χ2n) is 5.35. The van der Waals surface area contributed by atoms with Gasteiger partial charge in [-0.25, -0.2) is 0 Å². The summed E-state index contributed by atoms with van der Waals surface area (Å²) in [5, 5.41) is 16.3. The van der Waals surface area contributed by atoms with E-state index in [1.165, 1.54) is 0 Å². The molecule has 26 heavy (non-hydrogen) atoms. The molecular weight excluding hydrogens is 328 g/mol. The van der Waals surface area contributed by atoms with Crippen molar-refractivity contribution in [3.8, 4) is 17.2 Å². The highest BCUT2D eigenvalue weighted by Crippen LogP contribution is 2.39. The summed E-state index contributed by atoms with van der Waals surface area (Å²) in [5.74, 6) is 2.45. The molecule has 0 radical (unpaired) electrons. The molecule has 1 unspecified atom stereocenters. The van der Waals surface area contributed by atoms with Crippen molar-refractivity contribution in [1.29, 1.82) is 0 Å². The third kappa shape index (κ3) is 3.87. The molecule has 0 aromatic heterocycles. The van der Waals surface area contributed by atoms with Gasteiger partial charge in [0.25, 0.3) is 0 Å². The van der Waals surface area contributed by atoms with Crippen LogP contribution in [0.1, 0.15) is 45.0 Å². The summed E-state index contributed by atoms with van der Waals surface area (Å²) < 4.78 is 11.3. The Balaban J connectivity index is 0.000000570. The van der Waals surface area contributed by atoms with Gasteiger partial charge in [-0.05, 0) is 23.8 Å². The van der Waals surface area contributed by atoms with Gasteiger partial charge in [0.1, 0.15) is 11.9 Å². The molecule has 2 aliphatic rings. The first-order chi connectivity index (χ1) is 12.7. The summed E-state index contributed by atoms with van der Waals surface area (Å²) in [4.78, 5) is 0. The molecule has 3 N–H and O–H groups in total. The number of hydrogen-bond donors (Lipinski definition) is 3. The Kier molecular flexibility index (Phi) is 6.78. The van der Waals surface area contributed by atoms with Crippen molar-refractivity contribution in [3.05, 3.63) is 65.2 Å². The minimum absolute atomic E-state index is 0.114. The summed E-state index contributed by atoms with van der Waals surface area (Å²) in [6.45, 7) is 8.00. The first kappa shape index (κ1) is 19.5. The van der Waals surface area contributed by atoms with Crippen LogP contribution in [0.4, 0.5) is 0 Å². The Labute approximate surface area is 155 Å². The summed E-state index contributed by atoms with van der Waals surface area (Å²) in [5.41, 5.74) is 3.05. The number of fused-ring (bicyclic) bond motifs is 1. The lowest BCUT2D eigenvalue weighted by molar-refractivity contribution is 0.330. The molecule has 1 atom stereocenters. The highest BCUT2D eigenvalue weighted by atomic mass is 16.5. The number of aromatic hydroxyl groups is 1. The van der Waals surface area contributed by atoms with E-state index < -0.39 is 0 Å². The zero-order chi connectivity index (χ0) is 19.1. The first-order valence-corrected chi connectivity index (χ1v) is 9.13. The number of methoxy groups -OCH3 is 1.